The van der Waals surface area contributed by atoms with Gasteiger partial charge in [-0.05, 0) is 38.2 Å². The first kappa shape index (κ1) is 22.7. The minimum Gasteiger partial charge on any atom is -0.479 e. The van der Waals surface area contributed by atoms with Crippen molar-refractivity contribution in [1.82, 2.24) is 0 Å². The number of benzene rings is 1. The normalized spacial score (nSPS) is 20.3. The molecule has 0 saturated heterocycles. The Balaban J connectivity index is 2.80. The van der Waals surface area contributed by atoms with Gasteiger partial charge in [-0.25, -0.2) is 4.79 Å². The van der Waals surface area contributed by atoms with Gasteiger partial charge in [-0.1, -0.05) is 38.1 Å². The molecule has 5 nitrogen and oxygen atoms in total. The quantitative estimate of drug-likeness (QED) is 0.487. The van der Waals surface area contributed by atoms with E-state index in [0.717, 1.165) is 0 Å². The average Bonchev–Trinajstić information content (AvgIpc) is 2.67. The van der Waals surface area contributed by atoms with Crippen molar-refractivity contribution in [1.29, 1.82) is 0 Å². The third-order valence-electron chi connectivity index (χ3n) is 4.80. The Kier molecular flexibility index (Phi) is 7.53. The molecule has 0 bridgehead atoms. The van der Waals surface area contributed by atoms with Gasteiger partial charge >= 0.3 is 5.97 Å². The summed E-state index contributed by atoms with van der Waals surface area (Å²) in [6.07, 6.45) is 3.41. The summed E-state index contributed by atoms with van der Waals surface area (Å²) >= 11 is 2.68. The lowest BCUT2D eigenvalue weighted by molar-refractivity contribution is -0.171. The highest BCUT2D eigenvalue weighted by atomic mass is 32.2. The second-order valence-electron chi connectivity index (χ2n) is 7.13. The van der Waals surface area contributed by atoms with Gasteiger partial charge in [0.15, 0.2) is 17.5 Å². The van der Waals surface area contributed by atoms with Crippen LogP contribution in [0.3, 0.4) is 0 Å². The third kappa shape index (κ3) is 4.21. The molecule has 1 aliphatic carbocycles. The molecule has 1 aliphatic rings. The number of carbonyl (C=O) groups excluding carboxylic acids is 2. The fourth-order valence-electron chi connectivity index (χ4n) is 3.34. The summed E-state index contributed by atoms with van der Waals surface area (Å²) in [5.74, 6) is -1.63. The molecular weight excluding hydrogens is 396 g/mol. The van der Waals surface area contributed by atoms with E-state index in [2.05, 4.69) is 0 Å². The predicted molar refractivity (Wildman–Crippen MR) is 114 cm³/mol. The molecule has 0 amide bonds. The SMILES string of the molecule is CSC(SC)=C1C(=O)c2ccccc2C(CCC(C)C)(OC(C)C(=O)O)C1=O. The van der Waals surface area contributed by atoms with Crippen LogP contribution >= 0.6 is 23.5 Å². The zero-order chi connectivity index (χ0) is 21.1. The minimum absolute atomic E-state index is 0.0973. The van der Waals surface area contributed by atoms with Crippen molar-refractivity contribution in [3.8, 4) is 0 Å². The second-order valence-corrected chi connectivity index (χ2v) is 9.02. The van der Waals surface area contributed by atoms with Crippen molar-refractivity contribution in [3.63, 3.8) is 0 Å². The lowest BCUT2D eigenvalue weighted by atomic mass is 9.72. The molecule has 1 aromatic carbocycles. The van der Waals surface area contributed by atoms with Crippen LogP contribution in [0.2, 0.25) is 0 Å². The Bertz CT molecular complexity index is 809. The van der Waals surface area contributed by atoms with Crippen molar-refractivity contribution in [2.24, 2.45) is 5.92 Å². The van der Waals surface area contributed by atoms with E-state index in [1.54, 1.807) is 24.3 Å². The highest BCUT2D eigenvalue weighted by molar-refractivity contribution is 8.21. The van der Waals surface area contributed by atoms with Crippen LogP contribution in [0.15, 0.2) is 34.1 Å². The van der Waals surface area contributed by atoms with Gasteiger partial charge in [0, 0.05) is 11.1 Å². The highest BCUT2D eigenvalue weighted by Gasteiger charge is 2.52. The summed E-state index contributed by atoms with van der Waals surface area (Å²) in [5.41, 5.74) is -0.526. The molecule has 7 heteroatoms. The molecule has 0 spiro atoms. The molecule has 0 heterocycles. The van der Waals surface area contributed by atoms with Crippen molar-refractivity contribution >= 4 is 41.1 Å². The lowest BCUT2D eigenvalue weighted by Gasteiger charge is -2.39. The summed E-state index contributed by atoms with van der Waals surface area (Å²) in [7, 11) is 0. The lowest BCUT2D eigenvalue weighted by Crippen LogP contribution is -2.49. The number of rotatable bonds is 8. The number of carbonyl (C=O) groups is 3. The number of aliphatic carboxylic acids is 1. The molecule has 0 aromatic heterocycles. The molecule has 1 N–H and O–H groups in total. The fourth-order valence-corrected chi connectivity index (χ4v) is 4.78. The van der Waals surface area contributed by atoms with Crippen LogP contribution in [-0.4, -0.2) is 41.3 Å². The van der Waals surface area contributed by atoms with Crippen molar-refractivity contribution in [3.05, 3.63) is 45.2 Å². The van der Waals surface area contributed by atoms with Gasteiger partial charge in [0.05, 0.1) is 9.81 Å². The molecule has 2 unspecified atom stereocenters. The molecule has 0 aliphatic heterocycles. The van der Waals surface area contributed by atoms with Gasteiger partial charge in [0.1, 0.15) is 0 Å². The number of carboxylic acid groups (broad SMARTS) is 1. The van der Waals surface area contributed by atoms with Crippen LogP contribution in [0, 0.1) is 5.92 Å². The minimum atomic E-state index is -1.49. The van der Waals surface area contributed by atoms with E-state index in [0.29, 0.717) is 28.2 Å². The number of carboxylic acids is 1. The molecule has 1 aromatic rings. The summed E-state index contributed by atoms with van der Waals surface area (Å²) in [6.45, 7) is 5.48. The van der Waals surface area contributed by atoms with E-state index in [1.165, 1.54) is 30.4 Å². The number of ether oxygens (including phenoxy) is 1. The Labute approximate surface area is 174 Å². The zero-order valence-electron chi connectivity index (χ0n) is 16.8. The number of hydrogen-bond acceptors (Lipinski definition) is 6. The van der Waals surface area contributed by atoms with Crippen LogP contribution in [0.5, 0.6) is 0 Å². The molecule has 28 heavy (non-hydrogen) atoms. The van der Waals surface area contributed by atoms with Crippen LogP contribution in [0.4, 0.5) is 0 Å². The monoisotopic (exact) mass is 422 g/mol. The second kappa shape index (κ2) is 9.29. The Morgan fingerprint density at radius 3 is 2.29 bits per heavy atom. The molecule has 0 saturated carbocycles. The predicted octanol–water partition coefficient (Wildman–Crippen LogP) is 4.51. The van der Waals surface area contributed by atoms with Gasteiger partial charge < -0.3 is 9.84 Å². The van der Waals surface area contributed by atoms with Crippen LogP contribution in [0.1, 0.15) is 49.5 Å². The van der Waals surface area contributed by atoms with Gasteiger partial charge in [0.25, 0.3) is 0 Å². The van der Waals surface area contributed by atoms with Gasteiger partial charge in [0.2, 0.25) is 5.78 Å². The molecule has 0 radical (unpaired) electrons. The summed E-state index contributed by atoms with van der Waals surface area (Å²) in [5, 5.41) is 9.43. The van der Waals surface area contributed by atoms with E-state index in [1.807, 2.05) is 26.4 Å². The molecule has 2 atom stereocenters. The number of thioether (sulfide) groups is 2. The molecule has 152 valence electrons. The van der Waals surface area contributed by atoms with E-state index in [-0.39, 0.29) is 17.3 Å². The first-order chi connectivity index (χ1) is 13.2. The van der Waals surface area contributed by atoms with E-state index < -0.39 is 23.5 Å². The van der Waals surface area contributed by atoms with Crippen molar-refractivity contribution < 1.29 is 24.2 Å². The zero-order valence-corrected chi connectivity index (χ0v) is 18.4. The maximum absolute atomic E-state index is 13.7. The molecule has 2 rings (SSSR count). The Morgan fingerprint density at radius 1 is 1.14 bits per heavy atom. The first-order valence-corrected chi connectivity index (χ1v) is 11.6. The number of Topliss-reactive ketones (excluding diaryl/α,β-unsaturated/α-hetero) is 2. The highest BCUT2D eigenvalue weighted by Crippen LogP contribution is 2.45. The third-order valence-corrected chi connectivity index (χ3v) is 6.95. The standard InChI is InChI=1S/C21H26O5S2/c1-12(2)10-11-21(26-13(3)19(24)25)15-9-7-6-8-14(15)17(22)16(18(21)23)20(27-4)28-5/h6-9,12-13H,10-11H2,1-5H3,(H,24,25). The number of ketones is 2. The summed E-state index contributed by atoms with van der Waals surface area (Å²) < 4.78 is 6.61. The van der Waals surface area contributed by atoms with Crippen LogP contribution in [-0.2, 0) is 19.9 Å². The fraction of sp³-hybridized carbons (Fsp3) is 0.476. The smallest absolute Gasteiger partial charge is 0.332 e. The molecular formula is C21H26O5S2. The van der Waals surface area contributed by atoms with E-state index >= 15 is 0 Å². The van der Waals surface area contributed by atoms with E-state index in [4.69, 9.17) is 4.74 Å². The number of hydrogen-bond donors (Lipinski definition) is 1. The molecule has 0 fully saturated rings. The van der Waals surface area contributed by atoms with Crippen LogP contribution in [0.25, 0.3) is 0 Å². The van der Waals surface area contributed by atoms with Crippen LogP contribution < -0.4 is 0 Å². The average molecular weight is 423 g/mol. The van der Waals surface area contributed by atoms with Crippen molar-refractivity contribution in [2.75, 3.05) is 12.5 Å². The van der Waals surface area contributed by atoms with Crippen molar-refractivity contribution in [2.45, 2.75) is 45.3 Å². The maximum atomic E-state index is 13.7. The van der Waals surface area contributed by atoms with E-state index in [9.17, 15) is 19.5 Å². The summed E-state index contributed by atoms with van der Waals surface area (Å²) in [4.78, 5) is 38.4. The maximum Gasteiger partial charge on any atom is 0.332 e. The Hall–Kier alpha value is -1.57. The van der Waals surface area contributed by atoms with Gasteiger partial charge in [-0.2, -0.15) is 0 Å². The van der Waals surface area contributed by atoms with Gasteiger partial charge in [-0.15, -0.1) is 23.5 Å². The first-order valence-electron chi connectivity index (χ1n) is 9.11. The summed E-state index contributed by atoms with van der Waals surface area (Å²) in [6, 6.07) is 6.88. The Morgan fingerprint density at radius 2 is 1.75 bits per heavy atom. The van der Waals surface area contributed by atoms with Gasteiger partial charge in [-0.3, -0.25) is 9.59 Å². The topological polar surface area (TPSA) is 80.7 Å². The largest absolute Gasteiger partial charge is 0.479 e. The number of fused-ring (bicyclic) bond motifs is 1.